The molecule has 2 N–H and O–H groups in total. The summed E-state index contributed by atoms with van der Waals surface area (Å²) in [7, 11) is 0. The zero-order valence-corrected chi connectivity index (χ0v) is 11.0. The van der Waals surface area contributed by atoms with Gasteiger partial charge >= 0.3 is 6.09 Å². The van der Waals surface area contributed by atoms with Crippen LogP contribution in [0.2, 0.25) is 0 Å². The van der Waals surface area contributed by atoms with Crippen LogP contribution >= 0.6 is 0 Å². The number of nitrogens with zero attached hydrogens (tertiary/aromatic N) is 1. The van der Waals surface area contributed by atoms with Crippen LogP contribution in [0.3, 0.4) is 0 Å². The number of rotatable bonds is 1. The van der Waals surface area contributed by atoms with E-state index in [0.717, 1.165) is 0 Å². The molecule has 0 aromatic rings. The fourth-order valence-corrected chi connectivity index (χ4v) is 2.72. The average molecular weight is 262 g/mol. The second kappa shape index (κ2) is 4.05. The summed E-state index contributed by atoms with van der Waals surface area (Å²) < 4.78 is 32.5. The second-order valence-corrected chi connectivity index (χ2v) is 6.10. The summed E-state index contributed by atoms with van der Waals surface area (Å²) in [5.41, 5.74) is 4.83. The van der Waals surface area contributed by atoms with Gasteiger partial charge in [-0.2, -0.15) is 0 Å². The SMILES string of the molecule is CC(C)(C)OC(=O)N1CCC(CN)C2C1C2(F)F. The predicted octanol–water partition coefficient (Wildman–Crippen LogP) is 1.84. The highest BCUT2D eigenvalue weighted by atomic mass is 19.3. The van der Waals surface area contributed by atoms with Gasteiger partial charge in [0, 0.05) is 6.54 Å². The van der Waals surface area contributed by atoms with Crippen LogP contribution < -0.4 is 5.73 Å². The second-order valence-electron chi connectivity index (χ2n) is 6.10. The molecular weight excluding hydrogens is 242 g/mol. The standard InChI is InChI=1S/C12H20F2N2O2/c1-11(2,3)18-10(17)16-5-4-7(6-15)8-9(16)12(8,13)14/h7-9H,4-6,15H2,1-3H3. The van der Waals surface area contributed by atoms with Crippen LogP contribution in [0, 0.1) is 11.8 Å². The van der Waals surface area contributed by atoms with Gasteiger partial charge in [-0.15, -0.1) is 0 Å². The van der Waals surface area contributed by atoms with Crippen molar-refractivity contribution in [2.75, 3.05) is 13.1 Å². The average Bonchev–Trinajstić information content (AvgIpc) is 2.79. The summed E-state index contributed by atoms with van der Waals surface area (Å²) in [6.45, 7) is 5.71. The maximum Gasteiger partial charge on any atom is 0.410 e. The van der Waals surface area contributed by atoms with Crippen LogP contribution in [-0.4, -0.2) is 41.6 Å². The van der Waals surface area contributed by atoms with Gasteiger partial charge in [-0.3, -0.25) is 4.90 Å². The van der Waals surface area contributed by atoms with Crippen molar-refractivity contribution < 1.29 is 18.3 Å². The van der Waals surface area contributed by atoms with E-state index in [1.165, 1.54) is 4.90 Å². The van der Waals surface area contributed by atoms with Crippen molar-refractivity contribution in [2.45, 2.75) is 44.8 Å². The Balaban J connectivity index is 2.07. The molecule has 0 aromatic carbocycles. The van der Waals surface area contributed by atoms with Gasteiger partial charge in [0.1, 0.15) is 11.6 Å². The van der Waals surface area contributed by atoms with Gasteiger partial charge in [0.15, 0.2) is 0 Å². The van der Waals surface area contributed by atoms with E-state index in [1.807, 2.05) is 0 Å². The predicted molar refractivity (Wildman–Crippen MR) is 62.3 cm³/mol. The minimum absolute atomic E-state index is 0.191. The molecule has 1 aliphatic carbocycles. The molecule has 1 saturated heterocycles. The third-order valence-corrected chi connectivity index (χ3v) is 3.59. The smallest absolute Gasteiger partial charge is 0.410 e. The first-order valence-corrected chi connectivity index (χ1v) is 6.26. The van der Waals surface area contributed by atoms with E-state index in [1.54, 1.807) is 20.8 Å². The van der Waals surface area contributed by atoms with Crippen LogP contribution in [0.25, 0.3) is 0 Å². The quantitative estimate of drug-likeness (QED) is 0.784. The molecule has 3 atom stereocenters. The van der Waals surface area contributed by atoms with Gasteiger partial charge < -0.3 is 10.5 Å². The highest BCUT2D eigenvalue weighted by Crippen LogP contribution is 2.59. The Kier molecular flexibility index (Phi) is 3.04. The van der Waals surface area contributed by atoms with Gasteiger partial charge in [0.05, 0.1) is 5.92 Å². The summed E-state index contributed by atoms with van der Waals surface area (Å²) >= 11 is 0. The monoisotopic (exact) mass is 262 g/mol. The molecule has 0 radical (unpaired) electrons. The third kappa shape index (κ3) is 2.18. The van der Waals surface area contributed by atoms with Gasteiger partial charge in [-0.1, -0.05) is 0 Å². The van der Waals surface area contributed by atoms with Gasteiger partial charge in [-0.05, 0) is 39.7 Å². The Morgan fingerprint density at radius 2 is 2.11 bits per heavy atom. The highest BCUT2D eigenvalue weighted by Gasteiger charge is 2.75. The van der Waals surface area contributed by atoms with Crippen LogP contribution in [0.1, 0.15) is 27.2 Å². The van der Waals surface area contributed by atoms with E-state index in [-0.39, 0.29) is 12.5 Å². The van der Waals surface area contributed by atoms with E-state index >= 15 is 0 Å². The molecule has 0 spiro atoms. The Morgan fingerprint density at radius 1 is 1.50 bits per heavy atom. The van der Waals surface area contributed by atoms with Crippen molar-refractivity contribution >= 4 is 6.09 Å². The Bertz CT molecular complexity index is 354. The van der Waals surface area contributed by atoms with Crippen molar-refractivity contribution in [3.8, 4) is 0 Å². The minimum Gasteiger partial charge on any atom is -0.444 e. The van der Waals surface area contributed by atoms with E-state index in [2.05, 4.69) is 0 Å². The molecule has 1 aliphatic heterocycles. The normalized spacial score (nSPS) is 33.9. The number of nitrogens with two attached hydrogens (primary N) is 1. The number of carbonyl (C=O) groups is 1. The van der Waals surface area contributed by atoms with Crippen LogP contribution in [0.4, 0.5) is 13.6 Å². The molecule has 104 valence electrons. The topological polar surface area (TPSA) is 55.6 Å². The number of amides is 1. The molecule has 3 unspecified atom stereocenters. The summed E-state index contributed by atoms with van der Waals surface area (Å²) in [5.74, 6) is -3.79. The van der Waals surface area contributed by atoms with Crippen molar-refractivity contribution in [2.24, 2.45) is 17.6 Å². The zero-order chi connectivity index (χ0) is 13.7. The number of fused-ring (bicyclic) bond motifs is 1. The number of hydrogen-bond donors (Lipinski definition) is 1. The van der Waals surface area contributed by atoms with Gasteiger partial charge in [-0.25, -0.2) is 13.6 Å². The number of hydrogen-bond acceptors (Lipinski definition) is 3. The lowest BCUT2D eigenvalue weighted by molar-refractivity contribution is 0.00887. The number of likely N-dealkylation sites (tertiary alicyclic amines) is 1. The molecule has 1 heterocycles. The first kappa shape index (κ1) is 13.5. The van der Waals surface area contributed by atoms with Gasteiger partial charge in [0.2, 0.25) is 0 Å². The lowest BCUT2D eigenvalue weighted by atomic mass is 9.96. The van der Waals surface area contributed by atoms with E-state index in [0.29, 0.717) is 13.0 Å². The van der Waals surface area contributed by atoms with E-state index in [9.17, 15) is 13.6 Å². The number of ether oxygens (including phenoxy) is 1. The van der Waals surface area contributed by atoms with Crippen molar-refractivity contribution in [3.05, 3.63) is 0 Å². The summed E-state index contributed by atoms with van der Waals surface area (Å²) in [6.07, 6.45) is -0.128. The lowest BCUT2D eigenvalue weighted by Crippen LogP contribution is -2.44. The number of halogens is 2. The first-order valence-electron chi connectivity index (χ1n) is 6.26. The molecule has 18 heavy (non-hydrogen) atoms. The van der Waals surface area contributed by atoms with Crippen molar-refractivity contribution in [1.82, 2.24) is 4.90 Å². The largest absolute Gasteiger partial charge is 0.444 e. The summed E-state index contributed by atoms with van der Waals surface area (Å²) in [4.78, 5) is 13.0. The number of alkyl halides is 2. The molecule has 2 fully saturated rings. The summed E-state index contributed by atoms with van der Waals surface area (Å²) in [5, 5.41) is 0. The molecule has 4 nitrogen and oxygen atoms in total. The van der Waals surface area contributed by atoms with Crippen LogP contribution in [0.5, 0.6) is 0 Å². The molecule has 6 heteroatoms. The molecule has 0 bridgehead atoms. The maximum absolute atomic E-state index is 13.7. The number of piperidine rings is 1. The minimum atomic E-state index is -2.81. The Morgan fingerprint density at radius 3 is 2.61 bits per heavy atom. The molecule has 2 aliphatic rings. The van der Waals surface area contributed by atoms with E-state index in [4.69, 9.17) is 10.5 Å². The third-order valence-electron chi connectivity index (χ3n) is 3.59. The van der Waals surface area contributed by atoms with Gasteiger partial charge in [0.25, 0.3) is 5.92 Å². The van der Waals surface area contributed by atoms with Crippen LogP contribution in [-0.2, 0) is 4.74 Å². The van der Waals surface area contributed by atoms with Crippen LogP contribution in [0.15, 0.2) is 0 Å². The Labute approximate surface area is 105 Å². The fourth-order valence-electron chi connectivity index (χ4n) is 2.72. The maximum atomic E-state index is 13.7. The molecule has 0 aromatic heterocycles. The zero-order valence-electron chi connectivity index (χ0n) is 11.0. The molecule has 1 amide bonds. The van der Waals surface area contributed by atoms with E-state index < -0.39 is 29.6 Å². The molecule has 2 rings (SSSR count). The van der Waals surface area contributed by atoms with Crippen molar-refractivity contribution in [3.63, 3.8) is 0 Å². The fraction of sp³-hybridized carbons (Fsp3) is 0.917. The van der Waals surface area contributed by atoms with Crippen molar-refractivity contribution in [1.29, 1.82) is 0 Å². The molecule has 1 saturated carbocycles. The lowest BCUT2D eigenvalue weighted by Gasteiger charge is -2.31. The Hall–Kier alpha value is -0.910. The molecular formula is C12H20F2N2O2. The number of carbonyl (C=O) groups excluding carboxylic acids is 1. The first-order chi connectivity index (χ1) is 8.18. The highest BCUT2D eigenvalue weighted by molar-refractivity contribution is 5.70. The summed E-state index contributed by atoms with van der Waals surface area (Å²) in [6, 6.07) is -1.02.